The number of nitrogens with zero attached hydrogens (tertiary/aromatic N) is 2. The van der Waals surface area contributed by atoms with Crippen molar-refractivity contribution in [2.45, 2.75) is 32.7 Å². The lowest BCUT2D eigenvalue weighted by Crippen LogP contribution is -2.40. The lowest BCUT2D eigenvalue weighted by Gasteiger charge is -2.26. The molecule has 0 fully saturated rings. The molecular weight excluding hydrogens is 334 g/mol. The Balaban J connectivity index is 1.67. The fourth-order valence-electron chi connectivity index (χ4n) is 2.87. The molecule has 0 saturated heterocycles. The molecule has 1 aromatic heterocycles. The summed E-state index contributed by atoms with van der Waals surface area (Å²) in [7, 11) is 0. The Bertz CT molecular complexity index is 770. The van der Waals surface area contributed by atoms with E-state index in [0.717, 1.165) is 23.9 Å². The average molecular weight is 357 g/mol. The van der Waals surface area contributed by atoms with E-state index in [1.54, 1.807) is 11.3 Å². The number of aliphatic imine (C=N–C) groups is 1. The summed E-state index contributed by atoms with van der Waals surface area (Å²) >= 11 is 1.62. The quantitative estimate of drug-likeness (QED) is 0.568. The van der Waals surface area contributed by atoms with E-state index in [4.69, 9.17) is 0 Å². The number of rotatable bonds is 5. The first kappa shape index (κ1) is 17.4. The fourth-order valence-corrected chi connectivity index (χ4v) is 3.57. The Labute approximate surface area is 151 Å². The van der Waals surface area contributed by atoms with Crippen LogP contribution in [0.5, 0.6) is 0 Å². The van der Waals surface area contributed by atoms with Gasteiger partial charge in [0.1, 0.15) is 0 Å². The van der Waals surface area contributed by atoms with Crippen LogP contribution in [0.25, 0.3) is 0 Å². The zero-order chi connectivity index (χ0) is 17.6. The molecule has 1 atom stereocenters. The van der Waals surface area contributed by atoms with E-state index >= 15 is 0 Å². The third-order valence-electron chi connectivity index (χ3n) is 4.19. The summed E-state index contributed by atoms with van der Waals surface area (Å²) in [4.78, 5) is 22.0. The first-order valence-electron chi connectivity index (χ1n) is 8.47. The van der Waals surface area contributed by atoms with Gasteiger partial charge in [-0.15, -0.1) is 11.3 Å². The summed E-state index contributed by atoms with van der Waals surface area (Å²) in [5.74, 6) is 0.963. The monoisotopic (exact) mass is 357 g/mol. The maximum atomic E-state index is 11.9. The van der Waals surface area contributed by atoms with Gasteiger partial charge in [-0.3, -0.25) is 4.79 Å². The number of hydrogen-bond acceptors (Lipinski definition) is 4. The van der Waals surface area contributed by atoms with Crippen LogP contribution < -0.4 is 16.0 Å². The maximum absolute atomic E-state index is 11.9. The normalized spacial score (nSPS) is 17.0. The van der Waals surface area contributed by atoms with Gasteiger partial charge < -0.3 is 16.0 Å². The standard InChI is InChI=1S/C18H23N5OS/c1-3-19-18(21-10-16-12(2)22-11-25-16)20-9-13-8-17(24)23-15-7-5-4-6-14(13)15/h4-7,11,13H,3,8-10H2,1-2H3,(H,23,24)(H2,19,20,21). The molecule has 6 nitrogen and oxygen atoms in total. The predicted octanol–water partition coefficient (Wildman–Crippen LogP) is 2.63. The van der Waals surface area contributed by atoms with E-state index in [1.807, 2.05) is 37.6 Å². The molecule has 1 unspecified atom stereocenters. The van der Waals surface area contributed by atoms with E-state index in [0.29, 0.717) is 19.5 Å². The van der Waals surface area contributed by atoms with Crippen LogP contribution in [-0.4, -0.2) is 29.9 Å². The Kier molecular flexibility index (Phi) is 5.65. The molecule has 0 bridgehead atoms. The van der Waals surface area contributed by atoms with E-state index in [9.17, 15) is 4.79 Å². The van der Waals surface area contributed by atoms with Crippen LogP contribution in [0.4, 0.5) is 5.69 Å². The third-order valence-corrected chi connectivity index (χ3v) is 5.11. The minimum absolute atomic E-state index is 0.0627. The van der Waals surface area contributed by atoms with Crippen molar-refractivity contribution >= 4 is 28.9 Å². The third kappa shape index (κ3) is 4.36. The summed E-state index contributed by atoms with van der Waals surface area (Å²) < 4.78 is 0. The van der Waals surface area contributed by atoms with E-state index in [1.165, 1.54) is 10.4 Å². The van der Waals surface area contributed by atoms with Crippen molar-refractivity contribution in [3.8, 4) is 0 Å². The fraction of sp³-hybridized carbons (Fsp3) is 0.389. The van der Waals surface area contributed by atoms with Crippen LogP contribution in [0.3, 0.4) is 0 Å². The van der Waals surface area contributed by atoms with Gasteiger partial charge in [-0.05, 0) is 25.5 Å². The van der Waals surface area contributed by atoms with Crippen molar-refractivity contribution in [3.63, 3.8) is 0 Å². The van der Waals surface area contributed by atoms with Crippen molar-refractivity contribution in [3.05, 3.63) is 45.9 Å². The lowest BCUT2D eigenvalue weighted by atomic mass is 9.90. The number of aryl methyl sites for hydroxylation is 1. The first-order valence-corrected chi connectivity index (χ1v) is 9.35. The van der Waals surface area contributed by atoms with Gasteiger partial charge in [0.2, 0.25) is 5.91 Å². The Morgan fingerprint density at radius 3 is 3.00 bits per heavy atom. The molecule has 0 spiro atoms. The van der Waals surface area contributed by atoms with Gasteiger partial charge in [0, 0.05) is 36.0 Å². The summed E-state index contributed by atoms with van der Waals surface area (Å²) in [5.41, 5.74) is 4.96. The minimum Gasteiger partial charge on any atom is -0.357 e. The van der Waals surface area contributed by atoms with Crippen LogP contribution >= 0.6 is 11.3 Å². The highest BCUT2D eigenvalue weighted by atomic mass is 32.1. The van der Waals surface area contributed by atoms with Crippen molar-refractivity contribution in [1.29, 1.82) is 0 Å². The Hall–Kier alpha value is -2.41. The van der Waals surface area contributed by atoms with E-state index in [2.05, 4.69) is 32.0 Å². The number of thiazole rings is 1. The molecule has 3 rings (SSSR count). The smallest absolute Gasteiger partial charge is 0.225 e. The molecule has 2 heterocycles. The molecule has 1 aromatic carbocycles. The predicted molar refractivity (Wildman–Crippen MR) is 102 cm³/mol. The van der Waals surface area contributed by atoms with Gasteiger partial charge in [0.15, 0.2) is 5.96 Å². The van der Waals surface area contributed by atoms with Gasteiger partial charge in [0.25, 0.3) is 0 Å². The number of carbonyl (C=O) groups excluding carboxylic acids is 1. The number of anilines is 1. The first-order chi connectivity index (χ1) is 12.2. The van der Waals surface area contributed by atoms with Crippen molar-refractivity contribution in [2.75, 3.05) is 18.4 Å². The number of nitrogens with one attached hydrogen (secondary N) is 3. The average Bonchev–Trinajstić information content (AvgIpc) is 3.02. The molecule has 1 amide bonds. The summed E-state index contributed by atoms with van der Waals surface area (Å²) in [6, 6.07) is 7.98. The van der Waals surface area contributed by atoms with Crippen LogP contribution in [-0.2, 0) is 11.3 Å². The highest BCUT2D eigenvalue weighted by molar-refractivity contribution is 7.09. The highest BCUT2D eigenvalue weighted by Crippen LogP contribution is 2.31. The highest BCUT2D eigenvalue weighted by Gasteiger charge is 2.24. The number of guanidine groups is 1. The summed E-state index contributed by atoms with van der Waals surface area (Å²) in [6.07, 6.45) is 0.484. The second-order valence-corrected chi connectivity index (χ2v) is 6.91. The molecule has 0 saturated carbocycles. The number of amides is 1. The van der Waals surface area contributed by atoms with Crippen LogP contribution in [0.2, 0.25) is 0 Å². The number of para-hydroxylation sites is 1. The SMILES string of the molecule is CCNC(=NCc1scnc1C)NCC1CC(=O)Nc2ccccc21. The van der Waals surface area contributed by atoms with Gasteiger partial charge >= 0.3 is 0 Å². The van der Waals surface area contributed by atoms with E-state index < -0.39 is 0 Å². The molecule has 2 aromatic rings. The van der Waals surface area contributed by atoms with Crippen LogP contribution in [0, 0.1) is 6.92 Å². The second kappa shape index (κ2) is 8.11. The number of hydrogen-bond donors (Lipinski definition) is 3. The molecule has 0 aliphatic carbocycles. The Morgan fingerprint density at radius 1 is 1.40 bits per heavy atom. The molecule has 0 radical (unpaired) electrons. The largest absolute Gasteiger partial charge is 0.357 e. The van der Waals surface area contributed by atoms with Gasteiger partial charge in [-0.25, -0.2) is 9.98 Å². The zero-order valence-electron chi connectivity index (χ0n) is 14.5. The Morgan fingerprint density at radius 2 is 2.24 bits per heavy atom. The minimum atomic E-state index is 0.0627. The van der Waals surface area contributed by atoms with Crippen molar-refractivity contribution in [2.24, 2.45) is 4.99 Å². The molecule has 25 heavy (non-hydrogen) atoms. The van der Waals surface area contributed by atoms with Gasteiger partial charge in [-0.2, -0.15) is 0 Å². The lowest BCUT2D eigenvalue weighted by molar-refractivity contribution is -0.116. The molecule has 1 aliphatic heterocycles. The number of benzene rings is 1. The maximum Gasteiger partial charge on any atom is 0.225 e. The topological polar surface area (TPSA) is 78.4 Å². The van der Waals surface area contributed by atoms with E-state index in [-0.39, 0.29) is 11.8 Å². The molecule has 1 aliphatic rings. The number of carbonyl (C=O) groups is 1. The molecule has 132 valence electrons. The zero-order valence-corrected chi connectivity index (χ0v) is 15.3. The second-order valence-electron chi connectivity index (χ2n) is 5.97. The van der Waals surface area contributed by atoms with Gasteiger partial charge in [-0.1, -0.05) is 18.2 Å². The summed E-state index contributed by atoms with van der Waals surface area (Å²) in [6.45, 7) is 6.10. The molecule has 3 N–H and O–H groups in total. The van der Waals surface area contributed by atoms with Crippen molar-refractivity contribution < 1.29 is 4.79 Å². The number of fused-ring (bicyclic) bond motifs is 1. The van der Waals surface area contributed by atoms with Crippen LogP contribution in [0.1, 0.15) is 35.4 Å². The molecule has 7 heteroatoms. The number of aromatic nitrogens is 1. The molecular formula is C18H23N5OS. The van der Waals surface area contributed by atoms with Crippen molar-refractivity contribution in [1.82, 2.24) is 15.6 Å². The summed E-state index contributed by atoms with van der Waals surface area (Å²) in [5, 5.41) is 9.57. The van der Waals surface area contributed by atoms with Gasteiger partial charge in [0.05, 0.1) is 17.7 Å². The van der Waals surface area contributed by atoms with Crippen LogP contribution in [0.15, 0.2) is 34.8 Å².